The molecule has 40 heavy (non-hydrogen) atoms. The molecule has 0 radical (unpaired) electrons. The van der Waals surface area contributed by atoms with Crippen molar-refractivity contribution in [3.05, 3.63) is 108 Å². The normalized spacial score (nSPS) is 12.5. The van der Waals surface area contributed by atoms with Crippen LogP contribution in [0.1, 0.15) is 28.4 Å². The van der Waals surface area contributed by atoms with Gasteiger partial charge in [0.05, 0.1) is 29.7 Å². The van der Waals surface area contributed by atoms with Crippen LogP contribution in [0, 0.1) is 0 Å². The average molecular weight is 532 g/mol. The molecule has 9 heteroatoms. The van der Waals surface area contributed by atoms with E-state index in [1.165, 1.54) is 0 Å². The minimum Gasteiger partial charge on any atom is -0.478 e. The second-order valence-corrected chi connectivity index (χ2v) is 9.08. The van der Waals surface area contributed by atoms with Gasteiger partial charge in [0.15, 0.2) is 12.5 Å². The Labute approximate surface area is 230 Å². The van der Waals surface area contributed by atoms with Crippen molar-refractivity contribution in [1.82, 2.24) is 9.55 Å². The predicted octanol–water partition coefficient (Wildman–Crippen LogP) is 6.81. The molecular weight excluding hydrogens is 506 g/mol. The van der Waals surface area contributed by atoms with E-state index in [-0.39, 0.29) is 5.56 Å². The van der Waals surface area contributed by atoms with E-state index in [4.69, 9.17) is 9.47 Å². The molecule has 0 bridgehead atoms. The zero-order valence-corrected chi connectivity index (χ0v) is 21.7. The van der Waals surface area contributed by atoms with Gasteiger partial charge < -0.3 is 14.6 Å². The highest BCUT2D eigenvalue weighted by Gasteiger charge is 2.19. The molecule has 0 saturated carbocycles. The number of carboxylic acid groups (broad SMARTS) is 1. The number of aliphatic imine (C=N–C) groups is 1. The van der Waals surface area contributed by atoms with E-state index in [2.05, 4.69) is 20.2 Å². The predicted molar refractivity (Wildman–Crippen MR) is 152 cm³/mol. The van der Waals surface area contributed by atoms with Gasteiger partial charge >= 0.3 is 5.97 Å². The van der Waals surface area contributed by atoms with Crippen molar-refractivity contribution in [1.29, 1.82) is 0 Å². The van der Waals surface area contributed by atoms with Crippen LogP contribution in [0.4, 0.5) is 0 Å². The number of amidine groups is 1. The number of para-hydroxylation sites is 2. The molecule has 0 amide bonds. The minimum absolute atomic E-state index is 0.180. The number of ether oxygens (including phenoxy) is 2. The van der Waals surface area contributed by atoms with E-state index in [1.807, 2.05) is 84.3 Å². The molecular formula is C31H25N5O4. The van der Waals surface area contributed by atoms with E-state index >= 15 is 0 Å². The summed E-state index contributed by atoms with van der Waals surface area (Å²) in [6.45, 7) is 2.99. The summed E-state index contributed by atoms with van der Waals surface area (Å²) in [5.74, 6) is 1.00. The second kappa shape index (κ2) is 10.8. The molecule has 0 aliphatic carbocycles. The Hall–Kier alpha value is -5.31. The smallest absolute Gasteiger partial charge is 0.337 e. The van der Waals surface area contributed by atoms with Gasteiger partial charge in [-0.2, -0.15) is 10.1 Å². The van der Waals surface area contributed by atoms with Gasteiger partial charge in [0.2, 0.25) is 0 Å². The molecule has 4 aromatic carbocycles. The maximum Gasteiger partial charge on any atom is 0.337 e. The topological polar surface area (TPSA) is 111 Å². The Balaban J connectivity index is 1.36. The molecule has 1 N–H and O–H groups in total. The Morgan fingerprint density at radius 2 is 1.75 bits per heavy atom. The fourth-order valence-corrected chi connectivity index (χ4v) is 4.71. The van der Waals surface area contributed by atoms with Crippen LogP contribution in [0.5, 0.6) is 17.5 Å². The number of imidazole rings is 1. The van der Waals surface area contributed by atoms with Crippen LogP contribution in [0.25, 0.3) is 22.2 Å². The quantitative estimate of drug-likeness (QED) is 0.225. The Morgan fingerprint density at radius 3 is 2.48 bits per heavy atom. The minimum atomic E-state index is -1.01. The number of fused-ring (bicyclic) bond motifs is 1. The fraction of sp³-hybridized carbons (Fsp3) is 0.129. The summed E-state index contributed by atoms with van der Waals surface area (Å²) in [6, 6.07) is 28.9. The number of carbonyl (C=O) groups is 1. The standard InChI is InChI=1S/C31H25N5O4/c1-2-39-31-34-27-10-6-9-25(30(37)38)28(27)36(31)18-20-11-13-21(14-12-20)26-17-23(40-22-7-4-3-5-8-22)15-16-24(26)29-32-19-33-35-29/h3-17H,2,18-19H2,1H3,(H,37,38). The third-order valence-corrected chi connectivity index (χ3v) is 6.50. The molecule has 0 saturated heterocycles. The van der Waals surface area contributed by atoms with Crippen LogP contribution in [-0.4, -0.2) is 39.7 Å². The Kier molecular flexibility index (Phi) is 6.76. The summed E-state index contributed by atoms with van der Waals surface area (Å²) in [6.07, 6.45) is 0. The van der Waals surface area contributed by atoms with Crippen LogP contribution in [0.2, 0.25) is 0 Å². The maximum absolute atomic E-state index is 12.0. The number of benzene rings is 4. The molecule has 5 aromatic rings. The number of aromatic carboxylic acids is 1. The lowest BCUT2D eigenvalue weighted by Gasteiger charge is -2.14. The lowest BCUT2D eigenvalue weighted by atomic mass is 9.97. The Bertz CT molecular complexity index is 1760. The summed E-state index contributed by atoms with van der Waals surface area (Å²) >= 11 is 0. The van der Waals surface area contributed by atoms with Gasteiger partial charge in [-0.25, -0.2) is 9.79 Å². The molecule has 198 valence electrons. The number of aromatic nitrogens is 2. The number of hydrogen-bond acceptors (Lipinski definition) is 7. The van der Waals surface area contributed by atoms with Crippen LogP contribution < -0.4 is 9.47 Å². The van der Waals surface area contributed by atoms with Crippen molar-refractivity contribution in [3.63, 3.8) is 0 Å². The molecule has 0 atom stereocenters. The number of azo groups is 1. The summed E-state index contributed by atoms with van der Waals surface area (Å²) in [7, 11) is 0. The first-order valence-electron chi connectivity index (χ1n) is 12.8. The molecule has 6 rings (SSSR count). The van der Waals surface area contributed by atoms with Gasteiger partial charge in [0.1, 0.15) is 11.5 Å². The van der Waals surface area contributed by atoms with Crippen molar-refractivity contribution in [3.8, 4) is 28.6 Å². The molecule has 1 aliphatic rings. The summed E-state index contributed by atoms with van der Waals surface area (Å²) in [4.78, 5) is 20.9. The van der Waals surface area contributed by atoms with Gasteiger partial charge in [-0.1, -0.05) is 48.5 Å². The largest absolute Gasteiger partial charge is 0.478 e. The first-order chi connectivity index (χ1) is 19.6. The lowest BCUT2D eigenvalue weighted by molar-refractivity contribution is 0.0698. The lowest BCUT2D eigenvalue weighted by Crippen LogP contribution is -2.08. The third-order valence-electron chi connectivity index (χ3n) is 6.50. The van der Waals surface area contributed by atoms with E-state index < -0.39 is 5.97 Å². The molecule has 2 heterocycles. The zero-order chi connectivity index (χ0) is 27.5. The fourth-order valence-electron chi connectivity index (χ4n) is 4.71. The van der Waals surface area contributed by atoms with Gasteiger partial charge in [-0.05, 0) is 66.1 Å². The van der Waals surface area contributed by atoms with Gasteiger partial charge in [-0.3, -0.25) is 4.57 Å². The summed E-state index contributed by atoms with van der Waals surface area (Å²) in [5, 5.41) is 18.0. The van der Waals surface area contributed by atoms with Crippen LogP contribution in [0.3, 0.4) is 0 Å². The van der Waals surface area contributed by atoms with Gasteiger partial charge in [-0.15, -0.1) is 5.11 Å². The van der Waals surface area contributed by atoms with Crippen LogP contribution in [-0.2, 0) is 6.54 Å². The monoisotopic (exact) mass is 531 g/mol. The van der Waals surface area contributed by atoms with Crippen molar-refractivity contribution in [2.24, 2.45) is 15.2 Å². The number of nitrogens with zero attached hydrogens (tertiary/aromatic N) is 5. The highest BCUT2D eigenvalue weighted by atomic mass is 16.5. The zero-order valence-electron chi connectivity index (χ0n) is 21.7. The van der Waals surface area contributed by atoms with Crippen molar-refractivity contribution >= 4 is 22.8 Å². The number of rotatable bonds is 9. The SMILES string of the molecule is CCOc1nc2cccc(C(=O)O)c2n1Cc1ccc(-c2cc(Oc3ccccc3)ccc2C2=NCN=N2)cc1. The summed E-state index contributed by atoms with van der Waals surface area (Å²) < 4.78 is 13.7. The third kappa shape index (κ3) is 4.92. The summed E-state index contributed by atoms with van der Waals surface area (Å²) in [5.41, 5.74) is 4.97. The van der Waals surface area contributed by atoms with Gasteiger partial charge in [0.25, 0.3) is 6.01 Å². The van der Waals surface area contributed by atoms with Crippen LogP contribution >= 0.6 is 0 Å². The first kappa shape index (κ1) is 25.0. The van der Waals surface area contributed by atoms with Gasteiger partial charge in [0, 0.05) is 5.56 Å². The molecule has 0 unspecified atom stereocenters. The van der Waals surface area contributed by atoms with Crippen molar-refractivity contribution < 1.29 is 19.4 Å². The number of hydrogen-bond donors (Lipinski definition) is 1. The molecule has 1 aliphatic heterocycles. The highest BCUT2D eigenvalue weighted by molar-refractivity contribution is 6.05. The first-order valence-corrected chi connectivity index (χ1v) is 12.8. The molecule has 0 spiro atoms. The maximum atomic E-state index is 12.0. The van der Waals surface area contributed by atoms with E-state index in [0.29, 0.717) is 48.4 Å². The van der Waals surface area contributed by atoms with Crippen molar-refractivity contribution in [2.75, 3.05) is 13.3 Å². The molecule has 9 nitrogen and oxygen atoms in total. The van der Waals surface area contributed by atoms with E-state index in [1.54, 1.807) is 18.2 Å². The Morgan fingerprint density at radius 1 is 0.925 bits per heavy atom. The highest BCUT2D eigenvalue weighted by Crippen LogP contribution is 2.33. The average Bonchev–Trinajstić information content (AvgIpc) is 3.63. The molecule has 1 aromatic heterocycles. The van der Waals surface area contributed by atoms with Crippen molar-refractivity contribution in [2.45, 2.75) is 13.5 Å². The van der Waals surface area contributed by atoms with Crippen LogP contribution in [0.15, 0.2) is 106 Å². The number of carboxylic acids is 1. The molecule has 0 fully saturated rings. The second-order valence-electron chi connectivity index (χ2n) is 9.08. The van der Waals surface area contributed by atoms with E-state index in [9.17, 15) is 9.90 Å². The van der Waals surface area contributed by atoms with E-state index in [0.717, 1.165) is 28.0 Å².